The summed E-state index contributed by atoms with van der Waals surface area (Å²) in [7, 11) is 0. The van der Waals surface area contributed by atoms with Crippen molar-refractivity contribution in [3.63, 3.8) is 0 Å². The van der Waals surface area contributed by atoms with Gasteiger partial charge in [0.25, 0.3) is 0 Å². The van der Waals surface area contributed by atoms with Gasteiger partial charge in [-0.3, -0.25) is 25.8 Å². The summed E-state index contributed by atoms with van der Waals surface area (Å²) in [4.78, 5) is 13.5. The molecule has 35 heavy (non-hydrogen) atoms. The number of amides is 1. The molecular weight excluding hydrogens is 444 g/mol. The fourth-order valence-corrected chi connectivity index (χ4v) is 5.91. The van der Waals surface area contributed by atoms with E-state index in [4.69, 9.17) is 4.74 Å². The van der Waals surface area contributed by atoms with Crippen LogP contribution in [0.15, 0.2) is 36.4 Å². The predicted molar refractivity (Wildman–Crippen MR) is 133 cm³/mol. The first-order valence-corrected chi connectivity index (χ1v) is 13.2. The summed E-state index contributed by atoms with van der Waals surface area (Å²) in [5, 5.41) is 29.6. The molecule has 0 radical (unpaired) electrons. The van der Waals surface area contributed by atoms with Crippen molar-refractivity contribution < 1.29 is 14.6 Å². The highest BCUT2D eigenvalue weighted by atomic mass is 16.5. The van der Waals surface area contributed by atoms with E-state index in [0.717, 1.165) is 50.0 Å². The van der Waals surface area contributed by atoms with Gasteiger partial charge in [0.15, 0.2) is 0 Å². The van der Waals surface area contributed by atoms with Gasteiger partial charge >= 0.3 is 0 Å². The average molecular weight is 483 g/mol. The van der Waals surface area contributed by atoms with Crippen molar-refractivity contribution in [2.45, 2.75) is 88.2 Å². The molecule has 5 aliphatic rings. The van der Waals surface area contributed by atoms with Crippen molar-refractivity contribution in [1.29, 1.82) is 0 Å². The van der Waals surface area contributed by atoms with Crippen LogP contribution in [0.2, 0.25) is 0 Å². The molecule has 4 fully saturated rings. The van der Waals surface area contributed by atoms with Gasteiger partial charge in [-0.1, -0.05) is 12.2 Å². The minimum atomic E-state index is -0.775. The summed E-state index contributed by atoms with van der Waals surface area (Å²) in [6, 6.07) is 8.09. The van der Waals surface area contributed by atoms with Gasteiger partial charge in [0.05, 0.1) is 36.5 Å². The number of hydrogen-bond acceptors (Lipinski definition) is 8. The number of nitrogens with zero attached hydrogens (tertiary/aromatic N) is 2. The van der Waals surface area contributed by atoms with E-state index < -0.39 is 5.60 Å². The van der Waals surface area contributed by atoms with E-state index in [1.54, 1.807) is 0 Å². The Labute approximate surface area is 207 Å². The number of carbonyl (C=O) groups is 1. The van der Waals surface area contributed by atoms with E-state index in [1.165, 1.54) is 0 Å². The van der Waals surface area contributed by atoms with Crippen molar-refractivity contribution in [2.24, 2.45) is 5.92 Å². The number of nitrogens with one attached hydrogen (secondary N) is 4. The summed E-state index contributed by atoms with van der Waals surface area (Å²) in [5.41, 5.74) is 0.215. The van der Waals surface area contributed by atoms with Gasteiger partial charge in [-0.2, -0.15) is 5.01 Å². The van der Waals surface area contributed by atoms with Gasteiger partial charge in [0.1, 0.15) is 12.0 Å². The van der Waals surface area contributed by atoms with Crippen molar-refractivity contribution in [3.05, 3.63) is 36.4 Å². The maximum Gasteiger partial charge on any atom is 0.244 e. The van der Waals surface area contributed by atoms with Crippen LogP contribution >= 0.6 is 0 Å². The summed E-state index contributed by atoms with van der Waals surface area (Å²) in [6.45, 7) is 3.10. The number of piperidine rings is 1. The molecule has 9 nitrogen and oxygen atoms in total. The first kappa shape index (κ1) is 23.2. The first-order chi connectivity index (χ1) is 17.0. The largest absolute Gasteiger partial charge is 0.490 e. The Morgan fingerprint density at radius 3 is 2.74 bits per heavy atom. The zero-order chi connectivity index (χ0) is 24.0. The summed E-state index contributed by atoms with van der Waals surface area (Å²) in [6.07, 6.45) is 11.0. The van der Waals surface area contributed by atoms with Crippen LogP contribution in [0.25, 0.3) is 0 Å². The van der Waals surface area contributed by atoms with Crippen LogP contribution in [-0.4, -0.2) is 70.5 Å². The van der Waals surface area contributed by atoms with Crippen molar-refractivity contribution in [1.82, 2.24) is 26.0 Å². The molecule has 0 aromatic heterocycles. The molecule has 6 atom stereocenters. The molecule has 1 aromatic rings. The summed E-state index contributed by atoms with van der Waals surface area (Å²) < 4.78 is 5.86. The third kappa shape index (κ3) is 4.80. The second kappa shape index (κ2) is 9.37. The summed E-state index contributed by atoms with van der Waals surface area (Å²) >= 11 is 0. The molecule has 4 aliphatic heterocycles. The van der Waals surface area contributed by atoms with Gasteiger partial charge < -0.3 is 15.2 Å². The van der Waals surface area contributed by atoms with E-state index in [9.17, 15) is 9.90 Å². The number of benzene rings is 1. The topological polar surface area (TPSA) is 101 Å². The molecule has 1 aliphatic carbocycles. The third-order valence-electron chi connectivity index (χ3n) is 8.08. The number of rotatable bonds is 4. The minimum Gasteiger partial charge on any atom is -0.490 e. The Kier molecular flexibility index (Phi) is 6.22. The monoisotopic (exact) mass is 482 g/mol. The van der Waals surface area contributed by atoms with E-state index in [2.05, 4.69) is 38.4 Å². The zero-order valence-corrected chi connectivity index (χ0v) is 20.5. The molecule has 1 aromatic carbocycles. The van der Waals surface area contributed by atoms with Gasteiger partial charge in [-0.25, -0.2) is 0 Å². The van der Waals surface area contributed by atoms with Crippen molar-refractivity contribution in [3.8, 4) is 5.75 Å². The van der Waals surface area contributed by atoms with Gasteiger partial charge in [-0.05, 0) is 76.1 Å². The first-order valence-electron chi connectivity index (χ1n) is 13.2. The normalized spacial score (nSPS) is 38.7. The van der Waals surface area contributed by atoms with Crippen LogP contribution < -0.4 is 26.0 Å². The molecule has 0 spiro atoms. The molecule has 6 rings (SSSR count). The second-order valence-corrected chi connectivity index (χ2v) is 10.9. The number of hydrogen-bond donors (Lipinski definition) is 5. The van der Waals surface area contributed by atoms with Gasteiger partial charge in [0.2, 0.25) is 5.91 Å². The fourth-order valence-electron chi connectivity index (χ4n) is 5.91. The quantitative estimate of drug-likeness (QED) is 0.414. The third-order valence-corrected chi connectivity index (χ3v) is 8.08. The molecule has 1 saturated carbocycles. The highest BCUT2D eigenvalue weighted by molar-refractivity contribution is 5.82. The maximum absolute atomic E-state index is 13.5. The van der Waals surface area contributed by atoms with E-state index >= 15 is 0 Å². The fraction of sp³-hybridized carbons (Fsp3) is 0.654. The van der Waals surface area contributed by atoms with E-state index in [0.29, 0.717) is 25.6 Å². The molecule has 2 bridgehead atoms. The van der Waals surface area contributed by atoms with E-state index in [1.807, 2.05) is 36.2 Å². The van der Waals surface area contributed by atoms with Crippen LogP contribution in [-0.2, 0) is 4.79 Å². The zero-order valence-electron chi connectivity index (χ0n) is 20.5. The lowest BCUT2D eigenvalue weighted by atomic mass is 9.85. The Hall–Kier alpha value is -2.17. The number of ether oxygens (including phenoxy) is 1. The standard InChI is InChI=1S/C26H38N6O3/c1-26(34)14-3-2-4-15-31-24(33)20-16-27-25(28-17-8-10-18(11-9-17)35-19-12-13-19)30-23(20)32(31)22-7-5-6-21(26)29-22/h2,4,8-11,19-23,25,27-30,34H,3,5-7,12-16H2,1H3/b4-2-. The molecule has 6 unspecified atom stereocenters. The van der Waals surface area contributed by atoms with E-state index in [-0.39, 0.29) is 36.5 Å². The van der Waals surface area contributed by atoms with Crippen LogP contribution in [0.3, 0.4) is 0 Å². The summed E-state index contributed by atoms with van der Waals surface area (Å²) in [5.74, 6) is 0.890. The predicted octanol–water partition coefficient (Wildman–Crippen LogP) is 1.69. The number of carbonyl (C=O) groups excluding carboxylic acids is 1. The minimum absolute atomic E-state index is 0.00391. The van der Waals surface area contributed by atoms with Crippen LogP contribution in [0.1, 0.15) is 51.9 Å². The molecule has 5 N–H and O–H groups in total. The van der Waals surface area contributed by atoms with Crippen molar-refractivity contribution in [2.75, 3.05) is 18.4 Å². The molecule has 9 heteroatoms. The lowest BCUT2D eigenvalue weighted by Crippen LogP contribution is -2.69. The van der Waals surface area contributed by atoms with Crippen molar-refractivity contribution >= 4 is 11.6 Å². The lowest BCUT2D eigenvalue weighted by molar-refractivity contribution is -0.146. The second-order valence-electron chi connectivity index (χ2n) is 10.9. The SMILES string of the molecule is CC1(O)CC/C=C\CN2C(=O)C3CNC(Nc4ccc(OC5CC5)cc4)NC3N2C2CCCC1N2. The Morgan fingerprint density at radius 1 is 1.11 bits per heavy atom. The Bertz CT molecular complexity index is 949. The smallest absolute Gasteiger partial charge is 0.244 e. The number of fused-ring (bicyclic) bond motifs is 6. The molecule has 4 heterocycles. The average Bonchev–Trinajstić information content (AvgIpc) is 3.63. The highest BCUT2D eigenvalue weighted by Crippen LogP contribution is 2.34. The maximum atomic E-state index is 13.5. The van der Waals surface area contributed by atoms with Gasteiger partial charge in [0, 0.05) is 18.3 Å². The Morgan fingerprint density at radius 2 is 1.94 bits per heavy atom. The molecular formula is C26H38N6O3. The number of allylic oxidation sites excluding steroid dienone is 1. The number of anilines is 1. The number of aliphatic hydroxyl groups is 1. The molecule has 1 amide bonds. The van der Waals surface area contributed by atoms with Gasteiger partial charge in [-0.15, -0.1) is 0 Å². The van der Waals surface area contributed by atoms with Crippen LogP contribution in [0, 0.1) is 5.92 Å². The lowest BCUT2D eigenvalue weighted by Gasteiger charge is -2.47. The van der Waals surface area contributed by atoms with Crippen LogP contribution in [0.5, 0.6) is 5.75 Å². The number of hydrazine groups is 1. The van der Waals surface area contributed by atoms with Crippen LogP contribution in [0.4, 0.5) is 5.69 Å². The highest BCUT2D eigenvalue weighted by Gasteiger charge is 2.52. The Balaban J connectivity index is 1.19. The molecule has 190 valence electrons. The molecule has 3 saturated heterocycles.